The molecule has 2 nitrogen and oxygen atoms in total. The van der Waals surface area contributed by atoms with Gasteiger partial charge in [-0.3, -0.25) is 0 Å². The molecule has 2 aromatic rings. The van der Waals surface area contributed by atoms with Crippen molar-refractivity contribution in [2.24, 2.45) is 0 Å². The summed E-state index contributed by atoms with van der Waals surface area (Å²) in [7, 11) is 0. The van der Waals surface area contributed by atoms with Crippen LogP contribution < -0.4 is 4.74 Å². The van der Waals surface area contributed by atoms with Gasteiger partial charge < -0.3 is 16.5 Å². The van der Waals surface area contributed by atoms with Gasteiger partial charge in [-0.05, 0) is 25.5 Å². The van der Waals surface area contributed by atoms with Crippen LogP contribution in [-0.2, 0) is 39.1 Å². The molecule has 4 rings (SSSR count). The first-order chi connectivity index (χ1) is 12.6. The van der Waals surface area contributed by atoms with Crippen LogP contribution in [0, 0.1) is 13.0 Å². The molecule has 0 N–H and O–H groups in total. The second-order valence-corrected chi connectivity index (χ2v) is 6.83. The molecule has 0 aromatic heterocycles. The van der Waals surface area contributed by atoms with Gasteiger partial charge in [0.15, 0.2) is 0 Å². The van der Waals surface area contributed by atoms with Gasteiger partial charge in [0.1, 0.15) is 18.1 Å². The molecule has 3 heteroatoms. The molecule has 2 aromatic carbocycles. The number of carbonyl (C=O) groups excluding carboxylic acids is 1. The van der Waals surface area contributed by atoms with E-state index in [1.807, 2.05) is 50.3 Å². The van der Waals surface area contributed by atoms with E-state index in [4.69, 9.17) is 4.74 Å². The molecule has 1 heterocycles. The molecule has 0 fully saturated rings. The summed E-state index contributed by atoms with van der Waals surface area (Å²) in [6, 6.07) is 15.1. The van der Waals surface area contributed by atoms with E-state index >= 15 is 0 Å². The van der Waals surface area contributed by atoms with Gasteiger partial charge in [-0.1, -0.05) is 41.5 Å². The van der Waals surface area contributed by atoms with Gasteiger partial charge in [-0.2, -0.15) is 30.2 Å². The van der Waals surface area contributed by atoms with Crippen LogP contribution in [0.1, 0.15) is 40.9 Å². The van der Waals surface area contributed by atoms with Crippen molar-refractivity contribution in [2.45, 2.75) is 20.3 Å². The SMILES string of the molecule is [CH2-]Cc1[c-]cc2c(c1)C1=C(COc3ccccc31)/C(=C/C=C(C)C)C2=O.[Y]. The minimum Gasteiger partial charge on any atom is -0.488 e. The number of hydrogen-bond donors (Lipinski definition) is 0. The Kier molecular flexibility index (Phi) is 5.98. The molecule has 27 heavy (non-hydrogen) atoms. The van der Waals surface area contributed by atoms with E-state index < -0.39 is 0 Å². The summed E-state index contributed by atoms with van der Waals surface area (Å²) >= 11 is 0. The van der Waals surface area contributed by atoms with Gasteiger partial charge in [0.25, 0.3) is 0 Å². The van der Waals surface area contributed by atoms with Crippen LogP contribution in [0.5, 0.6) is 5.75 Å². The predicted molar refractivity (Wildman–Crippen MR) is 104 cm³/mol. The maximum absolute atomic E-state index is 13.2. The van der Waals surface area contributed by atoms with Crippen molar-refractivity contribution in [3.63, 3.8) is 0 Å². The maximum atomic E-state index is 13.2. The Morgan fingerprint density at radius 1 is 1.22 bits per heavy atom. The number of hydrogen-bond acceptors (Lipinski definition) is 2. The number of benzene rings is 2. The Balaban J connectivity index is 0.00000210. The molecule has 0 saturated carbocycles. The molecule has 1 aliphatic carbocycles. The van der Waals surface area contributed by atoms with E-state index in [0.29, 0.717) is 24.2 Å². The second-order valence-electron chi connectivity index (χ2n) is 6.83. The van der Waals surface area contributed by atoms with Crippen LogP contribution in [0.3, 0.4) is 0 Å². The number of allylic oxidation sites excluding steroid dienone is 3. The molecule has 1 aliphatic heterocycles. The van der Waals surface area contributed by atoms with Crippen LogP contribution in [0.4, 0.5) is 0 Å². The molecule has 1 radical (unpaired) electrons. The summed E-state index contributed by atoms with van der Waals surface area (Å²) in [5.74, 6) is 0.892. The van der Waals surface area contributed by atoms with Gasteiger partial charge in [-0.25, -0.2) is 0 Å². The Morgan fingerprint density at radius 3 is 2.74 bits per heavy atom. The van der Waals surface area contributed by atoms with Crippen molar-refractivity contribution in [1.29, 1.82) is 0 Å². The summed E-state index contributed by atoms with van der Waals surface area (Å²) in [5, 5.41) is 0. The van der Waals surface area contributed by atoms with Gasteiger partial charge >= 0.3 is 0 Å². The number of ketones is 1. The van der Waals surface area contributed by atoms with Crippen LogP contribution in [0.15, 0.2) is 65.3 Å². The van der Waals surface area contributed by atoms with Crippen LogP contribution in [0.2, 0.25) is 0 Å². The minimum absolute atomic E-state index is 0. The van der Waals surface area contributed by atoms with E-state index in [9.17, 15) is 4.79 Å². The fourth-order valence-corrected chi connectivity index (χ4v) is 3.49. The Bertz CT molecular complexity index is 1000. The standard InChI is InChI=1S/C24H20O2.Y/c1-4-16-10-12-17-20(13-16)23-19-7-5-6-8-22(19)26-14-21(23)18(24(17)25)11-9-15(2)3;/h5-9,11-13H,1,4,14H2,2-3H3;/q-2;/b18-11-;. The second kappa shape index (κ2) is 8.08. The number of rotatable bonds is 2. The molecule has 0 unspecified atom stereocenters. The van der Waals surface area contributed by atoms with Gasteiger partial charge in [-0.15, -0.1) is 5.56 Å². The largest absolute Gasteiger partial charge is 0.488 e. The molecule has 0 bridgehead atoms. The van der Waals surface area contributed by atoms with Crippen molar-refractivity contribution in [3.8, 4) is 5.75 Å². The number of Topliss-reactive ketones (excluding diaryl/α,β-unsaturated/α-hetero) is 1. The Hall–Kier alpha value is -1.77. The van der Waals surface area contributed by atoms with Crippen LogP contribution >= 0.6 is 0 Å². The summed E-state index contributed by atoms with van der Waals surface area (Å²) in [4.78, 5) is 13.2. The third kappa shape index (κ3) is 3.53. The van der Waals surface area contributed by atoms with E-state index in [0.717, 1.165) is 39.2 Å². The fraction of sp³-hybridized carbons (Fsp3) is 0.167. The first-order valence-corrected chi connectivity index (χ1v) is 8.80. The fourth-order valence-electron chi connectivity index (χ4n) is 3.49. The van der Waals surface area contributed by atoms with Crippen molar-refractivity contribution in [2.75, 3.05) is 6.61 Å². The van der Waals surface area contributed by atoms with Crippen molar-refractivity contribution < 1.29 is 42.2 Å². The minimum atomic E-state index is 0. The molecule has 0 amide bonds. The molecule has 0 saturated heterocycles. The van der Waals surface area contributed by atoms with Crippen LogP contribution in [0.25, 0.3) is 5.57 Å². The van der Waals surface area contributed by atoms with Gasteiger partial charge in [0.2, 0.25) is 0 Å². The first-order valence-electron chi connectivity index (χ1n) is 8.80. The molecule has 0 atom stereocenters. The monoisotopic (exact) mass is 429 g/mol. The zero-order valence-corrected chi connectivity index (χ0v) is 18.5. The van der Waals surface area contributed by atoms with E-state index in [-0.39, 0.29) is 38.5 Å². The molecule has 0 spiro atoms. The normalized spacial score (nSPS) is 16.0. The number of carbonyl (C=O) groups is 1. The van der Waals surface area contributed by atoms with E-state index in [2.05, 4.69) is 25.1 Å². The number of para-hydroxylation sites is 1. The number of fused-ring (bicyclic) bond motifs is 4. The Labute approximate surface area is 185 Å². The third-order valence-corrected chi connectivity index (χ3v) is 4.78. The maximum Gasteiger partial charge on any atom is 0.139 e. The van der Waals surface area contributed by atoms with Gasteiger partial charge in [0, 0.05) is 49.4 Å². The molecular weight excluding hydrogens is 409 g/mol. The van der Waals surface area contributed by atoms with Gasteiger partial charge in [0.05, 0.1) is 0 Å². The summed E-state index contributed by atoms with van der Waals surface area (Å²) < 4.78 is 5.96. The van der Waals surface area contributed by atoms with Crippen LogP contribution in [-0.4, -0.2) is 12.4 Å². The van der Waals surface area contributed by atoms with Crippen molar-refractivity contribution in [1.82, 2.24) is 0 Å². The van der Waals surface area contributed by atoms with Crippen molar-refractivity contribution >= 4 is 11.4 Å². The average Bonchev–Trinajstić information content (AvgIpc) is 2.66. The smallest absolute Gasteiger partial charge is 0.139 e. The average molecular weight is 429 g/mol. The topological polar surface area (TPSA) is 26.3 Å². The number of ether oxygens (including phenoxy) is 1. The molecule has 2 aliphatic rings. The zero-order valence-electron chi connectivity index (χ0n) is 15.6. The zero-order chi connectivity index (χ0) is 18.3. The summed E-state index contributed by atoms with van der Waals surface area (Å²) in [6.07, 6.45) is 4.54. The third-order valence-electron chi connectivity index (χ3n) is 4.78. The predicted octanol–water partition coefficient (Wildman–Crippen LogP) is 5.14. The first kappa shape index (κ1) is 20.0. The molecule has 133 valence electrons. The van der Waals surface area contributed by atoms with E-state index in [1.165, 1.54) is 0 Å². The molecular formula is C24H20O2Y-2. The Morgan fingerprint density at radius 2 is 2.00 bits per heavy atom. The quantitative estimate of drug-likeness (QED) is 0.488. The summed E-state index contributed by atoms with van der Waals surface area (Å²) in [5.41, 5.74) is 7.61. The van der Waals surface area contributed by atoms with E-state index in [1.54, 1.807) is 0 Å². The summed E-state index contributed by atoms with van der Waals surface area (Å²) in [6.45, 7) is 8.41. The van der Waals surface area contributed by atoms with Crippen molar-refractivity contribution in [3.05, 3.63) is 101 Å².